The van der Waals surface area contributed by atoms with E-state index in [0.29, 0.717) is 0 Å². The van der Waals surface area contributed by atoms with Gasteiger partial charge in [-0.1, -0.05) is 13.8 Å². The molecule has 0 aromatic rings. The van der Waals surface area contributed by atoms with Crippen molar-refractivity contribution in [3.8, 4) is 0 Å². The highest BCUT2D eigenvalue weighted by Gasteiger charge is 2.64. The molecule has 3 unspecified atom stereocenters. The van der Waals surface area contributed by atoms with Gasteiger partial charge < -0.3 is 15.0 Å². The molecule has 7 heteroatoms. The highest BCUT2D eigenvalue weighted by Crippen LogP contribution is 2.51. The van der Waals surface area contributed by atoms with Crippen LogP contribution in [0.15, 0.2) is 0 Å². The van der Waals surface area contributed by atoms with Gasteiger partial charge in [-0.05, 0) is 20.9 Å². The maximum Gasteiger partial charge on any atom is 0.331 e. The Morgan fingerprint density at radius 1 is 1.50 bits per heavy atom. The maximum atomic E-state index is 12.3. The van der Waals surface area contributed by atoms with E-state index in [-0.39, 0.29) is 40.8 Å². The molecule has 2 aliphatic rings. The van der Waals surface area contributed by atoms with Crippen LogP contribution in [0.2, 0.25) is 0 Å². The third-order valence-corrected chi connectivity index (χ3v) is 5.11. The molecule has 2 fully saturated rings. The molecule has 2 aliphatic heterocycles. The number of carbonyl (C=O) groups excluding carboxylic acids is 2. The largest absolute Gasteiger partial charge is 0.448 e. The Bertz CT molecular complexity index is 414. The normalized spacial score (nSPS) is 31.2. The lowest BCUT2D eigenvalue weighted by molar-refractivity contribution is -0.164. The smallest absolute Gasteiger partial charge is 0.331 e. The van der Waals surface area contributed by atoms with Crippen molar-refractivity contribution in [3.05, 3.63) is 0 Å². The molecule has 2 saturated heterocycles. The fraction of sp³-hybridized carbons (Fsp3) is 0.846. The molecule has 2 heterocycles. The van der Waals surface area contributed by atoms with Crippen LogP contribution in [0.1, 0.15) is 27.7 Å². The molecule has 0 aromatic heterocycles. The summed E-state index contributed by atoms with van der Waals surface area (Å²) in [6.45, 7) is 8.16. The summed E-state index contributed by atoms with van der Waals surface area (Å²) in [5, 5.41) is 6.06. The molecule has 2 rings (SSSR count). The number of hydrogen-bond donors (Lipinski definition) is 2. The Kier molecular flexibility index (Phi) is 4.32. The van der Waals surface area contributed by atoms with Gasteiger partial charge in [0, 0.05) is 10.8 Å². The molecule has 0 aliphatic carbocycles. The number of nitrogens with zero attached hydrogens (tertiary/aromatic N) is 1. The zero-order chi connectivity index (χ0) is 15.1. The van der Waals surface area contributed by atoms with E-state index in [9.17, 15) is 9.59 Å². The summed E-state index contributed by atoms with van der Waals surface area (Å²) in [5.41, 5.74) is 0. The van der Waals surface area contributed by atoms with Gasteiger partial charge in [0.15, 0.2) is 0 Å². The minimum atomic E-state index is -0.511. The molecule has 0 spiro atoms. The highest BCUT2D eigenvalue weighted by molar-refractivity contribution is 8.01. The molecule has 114 valence electrons. The number of β-lactam (4-membered cyclic amide) rings is 1. The molecular formula is C13H23N3O3S. The van der Waals surface area contributed by atoms with Gasteiger partial charge in [-0.2, -0.15) is 0 Å². The second-order valence-electron chi connectivity index (χ2n) is 6.02. The summed E-state index contributed by atoms with van der Waals surface area (Å²) in [5.74, 6) is -0.344. The number of thioether (sulfide) groups is 1. The number of rotatable bonds is 5. The summed E-state index contributed by atoms with van der Waals surface area (Å²) >= 11 is 1.66. The Balaban J connectivity index is 2.11. The third kappa shape index (κ3) is 2.54. The molecule has 0 radical (unpaired) electrons. The SMILES string of the molecule is CNCOC(=O)C1N2C(=O)C(NC(C)C)C2SC1(C)C. The van der Waals surface area contributed by atoms with Crippen LogP contribution in [0.25, 0.3) is 0 Å². The van der Waals surface area contributed by atoms with Crippen LogP contribution in [0.3, 0.4) is 0 Å². The molecule has 1 amide bonds. The summed E-state index contributed by atoms with van der Waals surface area (Å²) in [6.07, 6.45) is 0. The minimum absolute atomic E-state index is 0.00631. The standard InChI is InChI=1S/C13H23N3O3S/c1-7(2)15-8-10(17)16-9(12(18)19-6-14-5)13(3,4)20-11(8)16/h7-9,11,14-15H,6H2,1-5H3. The van der Waals surface area contributed by atoms with E-state index in [1.165, 1.54) is 0 Å². The van der Waals surface area contributed by atoms with Gasteiger partial charge in [-0.15, -0.1) is 11.8 Å². The molecule has 0 saturated carbocycles. The first kappa shape index (κ1) is 15.6. The minimum Gasteiger partial charge on any atom is -0.448 e. The van der Waals surface area contributed by atoms with Crippen molar-refractivity contribution in [2.24, 2.45) is 0 Å². The lowest BCUT2D eigenvalue weighted by Gasteiger charge is -2.44. The predicted molar refractivity (Wildman–Crippen MR) is 78.2 cm³/mol. The number of amides is 1. The number of ether oxygens (including phenoxy) is 1. The van der Waals surface area contributed by atoms with Crippen LogP contribution in [0, 0.1) is 0 Å². The number of carbonyl (C=O) groups is 2. The van der Waals surface area contributed by atoms with E-state index in [4.69, 9.17) is 4.74 Å². The topological polar surface area (TPSA) is 70.7 Å². The highest BCUT2D eigenvalue weighted by atomic mass is 32.2. The van der Waals surface area contributed by atoms with E-state index < -0.39 is 6.04 Å². The summed E-state index contributed by atoms with van der Waals surface area (Å²) < 4.78 is 4.82. The number of fused-ring (bicyclic) bond motifs is 1. The molecular weight excluding hydrogens is 278 g/mol. The Labute approximate surface area is 124 Å². The van der Waals surface area contributed by atoms with Crippen LogP contribution in [-0.2, 0) is 14.3 Å². The molecule has 20 heavy (non-hydrogen) atoms. The lowest BCUT2D eigenvalue weighted by Crippen LogP contribution is -2.70. The maximum absolute atomic E-state index is 12.3. The van der Waals surface area contributed by atoms with Gasteiger partial charge in [0.1, 0.15) is 24.2 Å². The van der Waals surface area contributed by atoms with E-state index in [1.54, 1.807) is 23.7 Å². The molecule has 3 atom stereocenters. The predicted octanol–water partition coefficient (Wildman–Crippen LogP) is 0.135. The Hall–Kier alpha value is -0.790. The first-order valence-electron chi connectivity index (χ1n) is 6.87. The number of esters is 1. The summed E-state index contributed by atoms with van der Waals surface area (Å²) in [7, 11) is 1.71. The lowest BCUT2D eigenvalue weighted by atomic mass is 9.95. The van der Waals surface area contributed by atoms with Crippen molar-refractivity contribution in [1.29, 1.82) is 0 Å². The van der Waals surface area contributed by atoms with Crippen LogP contribution >= 0.6 is 11.8 Å². The average molecular weight is 301 g/mol. The van der Waals surface area contributed by atoms with Crippen LogP contribution in [0.4, 0.5) is 0 Å². The molecule has 2 N–H and O–H groups in total. The average Bonchev–Trinajstić information content (AvgIpc) is 2.62. The second-order valence-corrected chi connectivity index (χ2v) is 7.79. The fourth-order valence-electron chi connectivity index (χ4n) is 2.73. The van der Waals surface area contributed by atoms with E-state index in [1.807, 2.05) is 27.7 Å². The van der Waals surface area contributed by atoms with Crippen LogP contribution in [-0.4, -0.2) is 58.8 Å². The zero-order valence-corrected chi connectivity index (χ0v) is 13.4. The summed E-state index contributed by atoms with van der Waals surface area (Å²) in [6, 6.07) is -0.463. The number of hydrogen-bond acceptors (Lipinski definition) is 6. The van der Waals surface area contributed by atoms with Gasteiger partial charge in [0.2, 0.25) is 5.91 Å². The van der Waals surface area contributed by atoms with Crippen molar-refractivity contribution in [2.45, 2.75) is 55.9 Å². The summed E-state index contributed by atoms with van der Waals surface area (Å²) in [4.78, 5) is 26.1. The van der Waals surface area contributed by atoms with Gasteiger partial charge in [-0.3, -0.25) is 10.1 Å². The van der Waals surface area contributed by atoms with Crippen molar-refractivity contribution in [3.63, 3.8) is 0 Å². The fourth-order valence-corrected chi connectivity index (χ4v) is 4.36. The third-order valence-electron chi connectivity index (χ3n) is 3.54. The van der Waals surface area contributed by atoms with E-state index >= 15 is 0 Å². The zero-order valence-electron chi connectivity index (χ0n) is 12.6. The van der Waals surface area contributed by atoms with Crippen LogP contribution in [0.5, 0.6) is 0 Å². The Morgan fingerprint density at radius 2 is 2.15 bits per heavy atom. The van der Waals surface area contributed by atoms with Gasteiger partial charge >= 0.3 is 5.97 Å². The van der Waals surface area contributed by atoms with Gasteiger partial charge in [0.05, 0.1) is 0 Å². The van der Waals surface area contributed by atoms with Crippen molar-refractivity contribution in [2.75, 3.05) is 13.8 Å². The van der Waals surface area contributed by atoms with Crippen molar-refractivity contribution in [1.82, 2.24) is 15.5 Å². The molecule has 6 nitrogen and oxygen atoms in total. The Morgan fingerprint density at radius 3 is 2.70 bits per heavy atom. The van der Waals surface area contributed by atoms with Crippen molar-refractivity contribution >= 4 is 23.6 Å². The first-order chi connectivity index (χ1) is 9.29. The quantitative estimate of drug-likeness (QED) is 0.427. The second kappa shape index (κ2) is 5.54. The molecule has 0 bridgehead atoms. The number of nitrogens with one attached hydrogen (secondary N) is 2. The van der Waals surface area contributed by atoms with Gasteiger partial charge in [-0.25, -0.2) is 4.79 Å². The van der Waals surface area contributed by atoms with Crippen LogP contribution < -0.4 is 10.6 Å². The first-order valence-corrected chi connectivity index (χ1v) is 7.75. The van der Waals surface area contributed by atoms with Gasteiger partial charge in [0.25, 0.3) is 0 Å². The van der Waals surface area contributed by atoms with Crippen molar-refractivity contribution < 1.29 is 14.3 Å². The van der Waals surface area contributed by atoms with E-state index in [2.05, 4.69) is 10.6 Å². The molecule has 0 aromatic carbocycles. The monoisotopic (exact) mass is 301 g/mol. The van der Waals surface area contributed by atoms with E-state index in [0.717, 1.165) is 0 Å².